The fourth-order valence-electron chi connectivity index (χ4n) is 2.11. The molecule has 1 aliphatic rings. The van der Waals surface area contributed by atoms with Crippen LogP contribution in [0.3, 0.4) is 0 Å². The van der Waals surface area contributed by atoms with Gasteiger partial charge in [0, 0.05) is 0 Å². The molecule has 0 unspecified atom stereocenters. The van der Waals surface area contributed by atoms with Crippen LogP contribution in [0, 0.1) is 6.92 Å². The van der Waals surface area contributed by atoms with Gasteiger partial charge < -0.3 is 9.47 Å². The molecule has 0 spiro atoms. The van der Waals surface area contributed by atoms with Gasteiger partial charge in [0.25, 0.3) is 0 Å². The monoisotopic (exact) mass is 322 g/mol. The van der Waals surface area contributed by atoms with Crippen molar-refractivity contribution in [2.75, 3.05) is 13.2 Å². The van der Waals surface area contributed by atoms with Crippen molar-refractivity contribution >= 4 is 15.9 Å². The number of rotatable bonds is 3. The zero-order chi connectivity index (χ0) is 13.2. The molecule has 1 fully saturated rings. The van der Waals surface area contributed by atoms with Crippen LogP contribution in [0.4, 0.5) is 0 Å². The average Bonchev–Trinajstić information content (AvgIpc) is 3.02. The number of nitrogens with zero attached hydrogens (tertiary/aromatic N) is 2. The summed E-state index contributed by atoms with van der Waals surface area (Å²) in [6.45, 7) is 4.06. The highest BCUT2D eigenvalue weighted by molar-refractivity contribution is 9.10. The molecule has 1 aliphatic heterocycles. The van der Waals surface area contributed by atoms with Crippen molar-refractivity contribution in [3.8, 4) is 0 Å². The molecule has 2 heterocycles. The van der Waals surface area contributed by atoms with Gasteiger partial charge in [-0.3, -0.25) is 4.68 Å². The van der Waals surface area contributed by atoms with E-state index in [1.807, 2.05) is 4.68 Å². The van der Waals surface area contributed by atoms with E-state index in [-0.39, 0.29) is 6.29 Å². The molecule has 1 saturated heterocycles. The molecule has 4 nitrogen and oxygen atoms in total. The number of ether oxygens (including phenoxy) is 2. The van der Waals surface area contributed by atoms with Crippen molar-refractivity contribution in [1.29, 1.82) is 0 Å². The van der Waals surface area contributed by atoms with Crippen molar-refractivity contribution in [2.24, 2.45) is 0 Å². The third-order valence-electron chi connectivity index (χ3n) is 3.13. The first-order chi connectivity index (χ1) is 9.24. The minimum atomic E-state index is -0.317. The first-order valence-electron chi connectivity index (χ1n) is 6.24. The lowest BCUT2D eigenvalue weighted by Gasteiger charge is -2.13. The molecule has 1 aromatic heterocycles. The third kappa shape index (κ3) is 2.73. The predicted molar refractivity (Wildman–Crippen MR) is 74.9 cm³/mol. The Morgan fingerprint density at radius 1 is 1.26 bits per heavy atom. The first-order valence-corrected chi connectivity index (χ1v) is 7.03. The van der Waals surface area contributed by atoms with E-state index in [1.54, 1.807) is 6.20 Å². The topological polar surface area (TPSA) is 36.3 Å². The van der Waals surface area contributed by atoms with Gasteiger partial charge >= 0.3 is 0 Å². The summed E-state index contributed by atoms with van der Waals surface area (Å²) in [6, 6.07) is 8.45. The average molecular weight is 323 g/mol. The molecule has 3 rings (SSSR count). The van der Waals surface area contributed by atoms with Crippen molar-refractivity contribution in [1.82, 2.24) is 9.78 Å². The molecule has 5 heteroatoms. The lowest BCUT2D eigenvalue weighted by molar-refractivity contribution is -0.0506. The summed E-state index contributed by atoms with van der Waals surface area (Å²) in [6.07, 6.45) is 1.47. The molecule has 0 N–H and O–H groups in total. The maximum absolute atomic E-state index is 5.56. The Bertz CT molecular complexity index is 559. The molecule has 0 bridgehead atoms. The summed E-state index contributed by atoms with van der Waals surface area (Å²) < 4.78 is 14.0. The minimum Gasteiger partial charge on any atom is -0.345 e. The second-order valence-electron chi connectivity index (χ2n) is 4.59. The lowest BCUT2D eigenvalue weighted by Crippen LogP contribution is -2.11. The zero-order valence-corrected chi connectivity index (χ0v) is 12.3. The number of hydrogen-bond acceptors (Lipinski definition) is 3. The van der Waals surface area contributed by atoms with E-state index in [0.717, 1.165) is 10.2 Å². The van der Waals surface area contributed by atoms with Gasteiger partial charge in [-0.05, 0) is 28.4 Å². The van der Waals surface area contributed by atoms with Crippen LogP contribution < -0.4 is 0 Å². The first kappa shape index (κ1) is 12.8. The van der Waals surface area contributed by atoms with Gasteiger partial charge in [-0.25, -0.2) is 0 Å². The Balaban J connectivity index is 1.86. The van der Waals surface area contributed by atoms with Crippen LogP contribution in [-0.4, -0.2) is 23.0 Å². The SMILES string of the molecule is Cc1ccc(Cn2ncc(Br)c2C2OCCO2)cc1. The molecule has 0 atom stereocenters. The highest BCUT2D eigenvalue weighted by Crippen LogP contribution is 2.30. The van der Waals surface area contributed by atoms with E-state index in [1.165, 1.54) is 11.1 Å². The number of aryl methyl sites for hydroxylation is 1. The van der Waals surface area contributed by atoms with Crippen molar-refractivity contribution in [3.05, 3.63) is 51.8 Å². The van der Waals surface area contributed by atoms with Crippen LogP contribution in [-0.2, 0) is 16.0 Å². The largest absolute Gasteiger partial charge is 0.345 e. The molecule has 0 radical (unpaired) electrons. The predicted octanol–water partition coefficient (Wildman–Crippen LogP) is 3.05. The van der Waals surface area contributed by atoms with E-state index in [9.17, 15) is 0 Å². The van der Waals surface area contributed by atoms with Crippen molar-refractivity contribution in [2.45, 2.75) is 19.8 Å². The molecule has 100 valence electrons. The van der Waals surface area contributed by atoms with E-state index in [0.29, 0.717) is 19.8 Å². The number of benzene rings is 1. The van der Waals surface area contributed by atoms with Gasteiger partial charge in [-0.2, -0.15) is 5.10 Å². The molecule has 1 aromatic carbocycles. The summed E-state index contributed by atoms with van der Waals surface area (Å²) in [7, 11) is 0. The molecule has 19 heavy (non-hydrogen) atoms. The Morgan fingerprint density at radius 3 is 2.63 bits per heavy atom. The summed E-state index contributed by atoms with van der Waals surface area (Å²) in [4.78, 5) is 0. The number of aromatic nitrogens is 2. The Hall–Kier alpha value is -1.17. The van der Waals surface area contributed by atoms with Crippen LogP contribution in [0.25, 0.3) is 0 Å². The maximum Gasteiger partial charge on any atom is 0.202 e. The van der Waals surface area contributed by atoms with Gasteiger partial charge in [0.2, 0.25) is 6.29 Å². The normalized spacial score (nSPS) is 16.1. The Morgan fingerprint density at radius 2 is 1.95 bits per heavy atom. The maximum atomic E-state index is 5.56. The standard InChI is InChI=1S/C14H15BrN2O2/c1-10-2-4-11(5-3-10)9-17-13(12(15)8-16-17)14-18-6-7-19-14/h2-5,8,14H,6-7,9H2,1H3. The van der Waals surface area contributed by atoms with Gasteiger partial charge in [0.1, 0.15) is 5.69 Å². The smallest absolute Gasteiger partial charge is 0.202 e. The Kier molecular flexibility index (Phi) is 3.68. The molecular weight excluding hydrogens is 308 g/mol. The van der Waals surface area contributed by atoms with E-state index < -0.39 is 0 Å². The van der Waals surface area contributed by atoms with E-state index in [4.69, 9.17) is 9.47 Å². The summed E-state index contributed by atoms with van der Waals surface area (Å²) >= 11 is 3.51. The third-order valence-corrected chi connectivity index (χ3v) is 3.74. The van der Waals surface area contributed by atoms with Gasteiger partial charge in [-0.1, -0.05) is 29.8 Å². The fourth-order valence-corrected chi connectivity index (χ4v) is 2.60. The number of hydrogen-bond donors (Lipinski definition) is 0. The van der Waals surface area contributed by atoms with Crippen molar-refractivity contribution < 1.29 is 9.47 Å². The van der Waals surface area contributed by atoms with E-state index >= 15 is 0 Å². The van der Waals surface area contributed by atoms with Crippen LogP contribution in [0.2, 0.25) is 0 Å². The summed E-state index contributed by atoms with van der Waals surface area (Å²) in [5.41, 5.74) is 3.41. The second kappa shape index (κ2) is 5.45. The summed E-state index contributed by atoms with van der Waals surface area (Å²) in [5, 5.41) is 4.39. The highest BCUT2D eigenvalue weighted by atomic mass is 79.9. The van der Waals surface area contributed by atoms with Crippen LogP contribution in [0.1, 0.15) is 23.1 Å². The minimum absolute atomic E-state index is 0.317. The van der Waals surface area contributed by atoms with Crippen LogP contribution in [0.15, 0.2) is 34.9 Å². The lowest BCUT2D eigenvalue weighted by atomic mass is 10.1. The zero-order valence-electron chi connectivity index (χ0n) is 10.7. The molecule has 0 saturated carbocycles. The van der Waals surface area contributed by atoms with Gasteiger partial charge in [-0.15, -0.1) is 0 Å². The number of halogens is 1. The quantitative estimate of drug-likeness (QED) is 0.871. The Labute approximate surface area is 120 Å². The molecule has 0 aliphatic carbocycles. The second-order valence-corrected chi connectivity index (χ2v) is 5.45. The fraction of sp³-hybridized carbons (Fsp3) is 0.357. The van der Waals surface area contributed by atoms with Crippen molar-refractivity contribution in [3.63, 3.8) is 0 Å². The molecule has 0 amide bonds. The molecule has 2 aromatic rings. The van der Waals surface area contributed by atoms with Gasteiger partial charge in [0.05, 0.1) is 30.4 Å². The van der Waals surface area contributed by atoms with Crippen LogP contribution >= 0.6 is 15.9 Å². The molecular formula is C14H15BrN2O2. The highest BCUT2D eigenvalue weighted by Gasteiger charge is 2.25. The summed E-state index contributed by atoms with van der Waals surface area (Å²) in [5.74, 6) is 0. The van der Waals surface area contributed by atoms with Gasteiger partial charge in [0.15, 0.2) is 0 Å². The van der Waals surface area contributed by atoms with E-state index in [2.05, 4.69) is 52.2 Å². The van der Waals surface area contributed by atoms with Crippen LogP contribution in [0.5, 0.6) is 0 Å².